The lowest BCUT2D eigenvalue weighted by molar-refractivity contribution is -0.142. The molecular weight excluding hydrogens is 243 g/mol. The van der Waals surface area contributed by atoms with Crippen LogP contribution < -0.4 is 0 Å². The normalized spacial score (nSPS) is 26.7. The second-order valence-electron chi connectivity index (χ2n) is 6.39. The largest absolute Gasteiger partial charge is 0.481 e. The smallest absolute Gasteiger partial charge is 0.313 e. The summed E-state index contributed by atoms with van der Waals surface area (Å²) in [7, 11) is 2.75. The summed E-state index contributed by atoms with van der Waals surface area (Å²) in [5, 5.41) is 9.16. The Balaban J connectivity index is 2.02. The summed E-state index contributed by atoms with van der Waals surface area (Å²) in [6, 6.07) is 0. The minimum atomic E-state index is -0.579. The molecule has 0 bridgehead atoms. The van der Waals surface area contributed by atoms with Gasteiger partial charge >= 0.3 is 5.97 Å². The van der Waals surface area contributed by atoms with E-state index in [9.17, 15) is 9.90 Å². The highest BCUT2D eigenvalue weighted by atomic mass is 31.0. The molecule has 0 heterocycles. The number of aliphatic carboxylic acids is 1. The molecule has 0 aromatic rings. The Kier molecular flexibility index (Phi) is 5.06. The minimum Gasteiger partial charge on any atom is -0.481 e. The molecule has 0 saturated heterocycles. The van der Waals surface area contributed by atoms with Gasteiger partial charge in [-0.05, 0) is 31.1 Å². The molecule has 0 aromatic heterocycles. The summed E-state index contributed by atoms with van der Waals surface area (Å²) in [6.07, 6.45) is 13.3. The van der Waals surface area contributed by atoms with Crippen molar-refractivity contribution >= 4 is 15.2 Å². The van der Waals surface area contributed by atoms with Crippen molar-refractivity contribution in [3.05, 3.63) is 0 Å². The van der Waals surface area contributed by atoms with Crippen molar-refractivity contribution in [2.45, 2.75) is 75.8 Å². The Bertz CT molecular complexity index is 280. The van der Waals surface area contributed by atoms with Gasteiger partial charge in [0.05, 0.1) is 5.16 Å². The number of carboxylic acids is 1. The Morgan fingerprint density at radius 3 is 2.00 bits per heavy atom. The first-order valence-electron chi connectivity index (χ1n) is 7.65. The fourth-order valence-corrected chi connectivity index (χ4v) is 4.58. The second-order valence-corrected chi connectivity index (χ2v) is 7.42. The molecule has 2 fully saturated rings. The predicted octanol–water partition coefficient (Wildman–Crippen LogP) is 4.24. The Hall–Kier alpha value is -0.100. The number of carboxylic acid groups (broad SMARTS) is 1. The van der Waals surface area contributed by atoms with E-state index in [4.69, 9.17) is 0 Å². The van der Waals surface area contributed by atoms with E-state index >= 15 is 0 Å². The predicted molar refractivity (Wildman–Crippen MR) is 77.8 cm³/mol. The van der Waals surface area contributed by atoms with E-state index < -0.39 is 11.1 Å². The van der Waals surface area contributed by atoms with Crippen molar-refractivity contribution in [3.8, 4) is 0 Å². The lowest BCUT2D eigenvalue weighted by atomic mass is 9.73. The zero-order chi connectivity index (χ0) is 13.0. The van der Waals surface area contributed by atoms with Crippen LogP contribution >= 0.6 is 9.24 Å². The van der Waals surface area contributed by atoms with Crippen LogP contribution in [-0.4, -0.2) is 16.2 Å². The van der Waals surface area contributed by atoms with Crippen molar-refractivity contribution in [1.29, 1.82) is 0 Å². The maximum Gasteiger partial charge on any atom is 0.313 e. The molecule has 2 unspecified atom stereocenters. The van der Waals surface area contributed by atoms with Crippen molar-refractivity contribution in [1.82, 2.24) is 0 Å². The molecule has 18 heavy (non-hydrogen) atoms. The van der Waals surface area contributed by atoms with Gasteiger partial charge in [0.1, 0.15) is 0 Å². The molecule has 3 heteroatoms. The van der Waals surface area contributed by atoms with Gasteiger partial charge in [0, 0.05) is 0 Å². The zero-order valence-corrected chi connectivity index (χ0v) is 12.5. The van der Waals surface area contributed by atoms with Crippen LogP contribution in [-0.2, 0) is 4.79 Å². The summed E-state index contributed by atoms with van der Waals surface area (Å²) >= 11 is 0. The Morgan fingerprint density at radius 2 is 1.50 bits per heavy atom. The highest BCUT2D eigenvalue weighted by molar-refractivity contribution is 7.21. The fraction of sp³-hybridized carbons (Fsp3) is 0.933. The third kappa shape index (κ3) is 3.26. The molecule has 2 atom stereocenters. The van der Waals surface area contributed by atoms with Gasteiger partial charge in [-0.1, -0.05) is 51.4 Å². The quantitative estimate of drug-likeness (QED) is 0.776. The molecular formula is C15H27O2P. The molecule has 2 aliphatic carbocycles. The molecule has 0 spiro atoms. The van der Waals surface area contributed by atoms with Crippen LogP contribution in [0.15, 0.2) is 0 Å². The van der Waals surface area contributed by atoms with Crippen LogP contribution in [0.1, 0.15) is 70.6 Å². The van der Waals surface area contributed by atoms with Crippen LogP contribution in [0.25, 0.3) is 0 Å². The molecule has 0 radical (unpaired) electrons. The zero-order valence-electron chi connectivity index (χ0n) is 11.4. The first-order valence-corrected chi connectivity index (χ1v) is 8.23. The van der Waals surface area contributed by atoms with Crippen molar-refractivity contribution in [2.75, 3.05) is 0 Å². The Labute approximate surface area is 113 Å². The van der Waals surface area contributed by atoms with Crippen molar-refractivity contribution < 1.29 is 9.90 Å². The number of hydrogen-bond acceptors (Lipinski definition) is 1. The third-order valence-corrected chi connectivity index (χ3v) is 6.04. The van der Waals surface area contributed by atoms with Gasteiger partial charge in [0.2, 0.25) is 0 Å². The van der Waals surface area contributed by atoms with Gasteiger partial charge in [0.15, 0.2) is 0 Å². The maximum absolute atomic E-state index is 11.8. The number of hydrogen-bond donors (Lipinski definition) is 1. The molecule has 2 aliphatic rings. The van der Waals surface area contributed by atoms with Gasteiger partial charge in [-0.3, -0.25) is 4.79 Å². The highest BCUT2D eigenvalue weighted by Crippen LogP contribution is 2.45. The van der Waals surface area contributed by atoms with E-state index in [1.165, 1.54) is 51.4 Å². The average molecular weight is 270 g/mol. The van der Waals surface area contributed by atoms with Gasteiger partial charge in [-0.15, -0.1) is 9.24 Å². The number of rotatable bonds is 4. The van der Waals surface area contributed by atoms with Gasteiger partial charge in [0.25, 0.3) is 0 Å². The summed E-state index contributed by atoms with van der Waals surface area (Å²) in [4.78, 5) is 11.8. The third-order valence-electron chi connectivity index (χ3n) is 5.08. The molecule has 0 aliphatic heterocycles. The maximum atomic E-state index is 11.8. The van der Waals surface area contributed by atoms with E-state index in [0.29, 0.717) is 11.8 Å². The monoisotopic (exact) mass is 270 g/mol. The van der Waals surface area contributed by atoms with E-state index in [0.717, 1.165) is 19.3 Å². The van der Waals surface area contributed by atoms with E-state index in [-0.39, 0.29) is 0 Å². The molecule has 0 aromatic carbocycles. The molecule has 2 nitrogen and oxygen atoms in total. The Morgan fingerprint density at radius 1 is 1.00 bits per heavy atom. The molecule has 2 saturated carbocycles. The molecule has 0 amide bonds. The minimum absolute atomic E-state index is 0.385. The van der Waals surface area contributed by atoms with Gasteiger partial charge in [-0.2, -0.15) is 0 Å². The van der Waals surface area contributed by atoms with Crippen LogP contribution in [0.2, 0.25) is 0 Å². The van der Waals surface area contributed by atoms with E-state index in [1.54, 1.807) is 0 Å². The summed E-state index contributed by atoms with van der Waals surface area (Å²) < 4.78 is 0. The first kappa shape index (κ1) is 14.3. The average Bonchev–Trinajstić information content (AvgIpc) is 2.40. The van der Waals surface area contributed by atoms with Gasteiger partial charge < -0.3 is 5.11 Å². The van der Waals surface area contributed by atoms with E-state index in [2.05, 4.69) is 9.24 Å². The fourth-order valence-electron chi connectivity index (χ4n) is 3.92. The number of carbonyl (C=O) groups is 1. The molecule has 2 rings (SSSR count). The summed E-state index contributed by atoms with van der Waals surface area (Å²) in [6.45, 7) is 0. The topological polar surface area (TPSA) is 37.3 Å². The van der Waals surface area contributed by atoms with Gasteiger partial charge in [-0.25, -0.2) is 0 Å². The van der Waals surface area contributed by atoms with Crippen LogP contribution in [0.3, 0.4) is 0 Å². The molecule has 1 N–H and O–H groups in total. The van der Waals surface area contributed by atoms with Crippen molar-refractivity contribution in [2.24, 2.45) is 11.8 Å². The first-order chi connectivity index (χ1) is 8.63. The standard InChI is InChI=1S/C15H27O2P/c16-14(17)15(18,13-9-5-2-6-10-13)11-12-7-3-1-4-8-12/h12-13H,1-11,18H2,(H,16,17). The summed E-state index contributed by atoms with van der Waals surface area (Å²) in [5.74, 6) is 0.454. The SMILES string of the molecule is O=C(O)C(P)(CC1CCCCC1)C1CCCCC1. The summed E-state index contributed by atoms with van der Waals surface area (Å²) in [5.41, 5.74) is 0. The van der Waals surface area contributed by atoms with Crippen LogP contribution in [0.5, 0.6) is 0 Å². The van der Waals surface area contributed by atoms with Crippen LogP contribution in [0, 0.1) is 11.8 Å². The van der Waals surface area contributed by atoms with Crippen LogP contribution in [0.4, 0.5) is 0 Å². The lowest BCUT2D eigenvalue weighted by Crippen LogP contribution is -2.42. The molecule has 104 valence electrons. The highest BCUT2D eigenvalue weighted by Gasteiger charge is 2.43. The second kappa shape index (κ2) is 6.37. The van der Waals surface area contributed by atoms with E-state index in [1.807, 2.05) is 0 Å². The lowest BCUT2D eigenvalue weighted by Gasteiger charge is -2.39. The van der Waals surface area contributed by atoms with Crippen molar-refractivity contribution in [3.63, 3.8) is 0 Å².